The molecule has 0 unspecified atom stereocenters. The maximum atomic E-state index is 12.5. The number of rotatable bonds is 0. The lowest BCUT2D eigenvalue weighted by Gasteiger charge is -2.24. The lowest BCUT2D eigenvalue weighted by Crippen LogP contribution is -2.33. The van der Waals surface area contributed by atoms with Crippen molar-refractivity contribution in [3.05, 3.63) is 60.8 Å². The first-order valence-corrected chi connectivity index (χ1v) is 13.6. The molecular weight excluding hydrogens is 488 g/mol. The highest BCUT2D eigenvalue weighted by molar-refractivity contribution is 5.72. The fourth-order valence-electron chi connectivity index (χ4n) is 4.01. The molecule has 8 heteroatoms. The second-order valence-corrected chi connectivity index (χ2v) is 10.3. The van der Waals surface area contributed by atoms with Gasteiger partial charge in [-0.3, -0.25) is 4.79 Å². The molecule has 0 saturated heterocycles. The molecule has 0 saturated carbocycles. The minimum Gasteiger partial charge on any atom is -0.462 e. The van der Waals surface area contributed by atoms with Gasteiger partial charge in [0.05, 0.1) is 42.5 Å². The summed E-state index contributed by atoms with van der Waals surface area (Å²) in [4.78, 5) is 12.5. The predicted octanol–water partition coefficient (Wildman–Crippen LogP) is 2.88. The van der Waals surface area contributed by atoms with E-state index in [0.717, 1.165) is 0 Å². The fraction of sp³-hybridized carbons (Fsp3) is 0.633. The molecular formula is C30H48O8. The number of ether oxygens (including phenoxy) is 1. The lowest BCUT2D eigenvalue weighted by molar-refractivity contribution is -0.158. The first-order chi connectivity index (χ1) is 18.0. The van der Waals surface area contributed by atoms with Crippen LogP contribution in [0.3, 0.4) is 0 Å². The molecule has 0 aliphatic carbocycles. The molecule has 216 valence electrons. The van der Waals surface area contributed by atoms with Crippen molar-refractivity contribution in [1.29, 1.82) is 0 Å². The second-order valence-electron chi connectivity index (χ2n) is 10.3. The van der Waals surface area contributed by atoms with Crippen LogP contribution in [-0.2, 0) is 9.53 Å². The number of cyclic esters (lactones) is 1. The third-order valence-electron chi connectivity index (χ3n) is 6.71. The van der Waals surface area contributed by atoms with Crippen LogP contribution in [0.15, 0.2) is 60.8 Å². The highest BCUT2D eigenvalue weighted by Crippen LogP contribution is 2.19. The molecule has 1 heterocycles. The largest absolute Gasteiger partial charge is 0.462 e. The molecule has 8 nitrogen and oxygen atoms in total. The van der Waals surface area contributed by atoms with Crippen LogP contribution in [0.2, 0.25) is 0 Å². The highest BCUT2D eigenvalue weighted by Gasteiger charge is 2.28. The summed E-state index contributed by atoms with van der Waals surface area (Å²) in [6, 6.07) is 0. The number of aliphatic hydroxyl groups excluding tert-OH is 6. The van der Waals surface area contributed by atoms with Gasteiger partial charge in [-0.1, -0.05) is 67.7 Å². The van der Waals surface area contributed by atoms with Gasteiger partial charge < -0.3 is 35.4 Å². The van der Waals surface area contributed by atoms with Gasteiger partial charge in [0.15, 0.2) is 0 Å². The van der Waals surface area contributed by atoms with Gasteiger partial charge in [-0.15, -0.1) is 0 Å². The Kier molecular flexibility index (Phi) is 17.0. The van der Waals surface area contributed by atoms with E-state index in [4.69, 9.17) is 4.74 Å². The Morgan fingerprint density at radius 2 is 1.11 bits per heavy atom. The van der Waals surface area contributed by atoms with E-state index in [1.165, 1.54) is 0 Å². The summed E-state index contributed by atoms with van der Waals surface area (Å²) in [5.74, 6) is -1.37. The van der Waals surface area contributed by atoms with Gasteiger partial charge in [-0.2, -0.15) is 0 Å². The summed E-state index contributed by atoms with van der Waals surface area (Å²) in [5.41, 5.74) is 0. The minimum absolute atomic E-state index is 0.00922. The van der Waals surface area contributed by atoms with Gasteiger partial charge >= 0.3 is 5.97 Å². The maximum Gasteiger partial charge on any atom is 0.311 e. The molecule has 0 spiro atoms. The van der Waals surface area contributed by atoms with Crippen molar-refractivity contribution < 1.29 is 40.2 Å². The maximum absolute atomic E-state index is 12.5. The van der Waals surface area contributed by atoms with E-state index in [1.807, 2.05) is 43.4 Å². The van der Waals surface area contributed by atoms with Gasteiger partial charge in [0.2, 0.25) is 0 Å². The van der Waals surface area contributed by atoms with E-state index in [2.05, 4.69) is 0 Å². The zero-order valence-corrected chi connectivity index (χ0v) is 22.9. The Bertz CT molecular complexity index is 802. The smallest absolute Gasteiger partial charge is 0.311 e. The zero-order chi connectivity index (χ0) is 28.5. The third-order valence-corrected chi connectivity index (χ3v) is 6.71. The molecule has 1 rings (SSSR count). The number of carbonyl (C=O) groups is 1. The minimum atomic E-state index is -1.07. The van der Waals surface area contributed by atoms with E-state index in [-0.39, 0.29) is 31.6 Å². The summed E-state index contributed by atoms with van der Waals surface area (Å²) >= 11 is 0. The Balaban J connectivity index is 2.83. The van der Waals surface area contributed by atoms with Gasteiger partial charge in [-0.25, -0.2) is 0 Å². The monoisotopic (exact) mass is 536 g/mol. The highest BCUT2D eigenvalue weighted by atomic mass is 16.5. The van der Waals surface area contributed by atoms with Crippen molar-refractivity contribution in [2.45, 2.75) is 108 Å². The Morgan fingerprint density at radius 1 is 0.632 bits per heavy atom. The van der Waals surface area contributed by atoms with E-state index in [1.54, 1.807) is 38.2 Å². The quantitative estimate of drug-likeness (QED) is 0.259. The fourth-order valence-corrected chi connectivity index (χ4v) is 4.01. The number of aliphatic hydroxyl groups is 6. The number of carbonyl (C=O) groups excluding carboxylic acids is 1. The number of hydrogen-bond donors (Lipinski definition) is 6. The molecule has 0 bridgehead atoms. The van der Waals surface area contributed by atoms with Gasteiger partial charge in [0.1, 0.15) is 6.10 Å². The molecule has 6 N–H and O–H groups in total. The number of allylic oxidation sites excluding steroid dienone is 8. The molecule has 0 aromatic carbocycles. The van der Waals surface area contributed by atoms with Crippen LogP contribution in [0.5, 0.6) is 0 Å². The van der Waals surface area contributed by atoms with Crippen molar-refractivity contribution >= 4 is 5.97 Å². The molecule has 9 atom stereocenters. The molecule has 0 amide bonds. The Hall–Kier alpha value is -2.07. The number of esters is 1. The zero-order valence-electron chi connectivity index (χ0n) is 22.9. The third kappa shape index (κ3) is 15.4. The normalized spacial score (nSPS) is 40.6. The van der Waals surface area contributed by atoms with E-state index >= 15 is 0 Å². The molecule has 1 aliphatic rings. The summed E-state index contributed by atoms with van der Waals surface area (Å²) in [5, 5.41) is 61.3. The van der Waals surface area contributed by atoms with Crippen LogP contribution in [-0.4, -0.2) is 79.3 Å². The summed E-state index contributed by atoms with van der Waals surface area (Å²) < 4.78 is 5.52. The van der Waals surface area contributed by atoms with Gasteiger partial charge in [-0.05, 0) is 46.0 Å². The first-order valence-electron chi connectivity index (χ1n) is 13.6. The second kappa shape index (κ2) is 19.1. The molecule has 1 aliphatic heterocycles. The van der Waals surface area contributed by atoms with Crippen molar-refractivity contribution in [3.63, 3.8) is 0 Å². The van der Waals surface area contributed by atoms with Crippen LogP contribution < -0.4 is 0 Å². The topological polar surface area (TPSA) is 148 Å². The molecule has 0 aromatic heterocycles. The van der Waals surface area contributed by atoms with Crippen LogP contribution in [0.4, 0.5) is 0 Å². The summed E-state index contributed by atoms with van der Waals surface area (Å²) in [7, 11) is 0. The van der Waals surface area contributed by atoms with E-state index in [9.17, 15) is 35.4 Å². The number of hydrogen-bond acceptors (Lipinski definition) is 8. The van der Waals surface area contributed by atoms with Crippen LogP contribution in [0, 0.1) is 11.8 Å². The van der Waals surface area contributed by atoms with Crippen LogP contribution >= 0.6 is 0 Å². The molecule has 0 fully saturated rings. The van der Waals surface area contributed by atoms with Crippen LogP contribution in [0.25, 0.3) is 0 Å². The van der Waals surface area contributed by atoms with E-state index < -0.39 is 54.6 Å². The van der Waals surface area contributed by atoms with Crippen molar-refractivity contribution in [1.82, 2.24) is 0 Å². The van der Waals surface area contributed by atoms with Crippen LogP contribution in [0.1, 0.15) is 65.7 Å². The first kappa shape index (κ1) is 34.0. The Labute approximate surface area is 227 Å². The van der Waals surface area contributed by atoms with Crippen molar-refractivity contribution in [2.24, 2.45) is 11.8 Å². The average Bonchev–Trinajstić information content (AvgIpc) is 2.83. The average molecular weight is 537 g/mol. The van der Waals surface area contributed by atoms with Gasteiger partial charge in [0, 0.05) is 18.8 Å². The van der Waals surface area contributed by atoms with Crippen molar-refractivity contribution in [2.75, 3.05) is 0 Å². The predicted molar refractivity (Wildman–Crippen MR) is 148 cm³/mol. The van der Waals surface area contributed by atoms with Gasteiger partial charge in [0.25, 0.3) is 0 Å². The SMILES string of the molecule is C[C@@H]1OC(=O)[C@H](C)[C@H](O)C[C@H](O)CCC[C@H](O)C[C@H](O)C[C@H](O)C[C@H](O)/C=C/C=C/C=C/C=C/C=C/[C@@H]1C. The standard InChI is InChI=1S/C30H48O8/c1-21-13-10-8-6-4-5-7-9-11-14-24(31)17-27(34)19-28(35)18-25(32)15-12-16-26(33)20-29(36)22(2)30(37)38-23(21)3/h4-11,13-14,21-29,31-36H,12,15-20H2,1-3H3/b5-4+,8-6+,9-7+,13-10+,14-11+/t21-,22+,23-,24+,25-,26+,27+,28-,29+/m0/s1. The summed E-state index contributed by atoms with van der Waals surface area (Å²) in [6.07, 6.45) is 13.4. The lowest BCUT2D eigenvalue weighted by atomic mass is 9.95. The molecule has 38 heavy (non-hydrogen) atoms. The van der Waals surface area contributed by atoms with Crippen molar-refractivity contribution in [3.8, 4) is 0 Å². The molecule has 0 aromatic rings. The van der Waals surface area contributed by atoms with E-state index in [0.29, 0.717) is 19.3 Å². The summed E-state index contributed by atoms with van der Waals surface area (Å²) in [6.45, 7) is 5.30. The Morgan fingerprint density at radius 3 is 1.71 bits per heavy atom. The molecule has 0 radical (unpaired) electrons.